The van der Waals surface area contributed by atoms with Gasteiger partial charge in [0, 0.05) is 17.5 Å². The second-order valence-electron chi connectivity index (χ2n) is 4.41. The number of halogens is 1. The molecule has 0 aliphatic heterocycles. The summed E-state index contributed by atoms with van der Waals surface area (Å²) < 4.78 is 0.819. The Bertz CT molecular complexity index is 390. The number of thiophene rings is 1. The highest BCUT2D eigenvalue weighted by atomic mass is 35.5. The highest BCUT2D eigenvalue weighted by Crippen LogP contribution is 2.21. The molecule has 1 aromatic rings. The first kappa shape index (κ1) is 12.9. The monoisotopic (exact) mass is 272 g/mol. The molecule has 1 aliphatic rings. The molecular formula is C12H17ClN2OS. The summed E-state index contributed by atoms with van der Waals surface area (Å²) in [4.78, 5) is 12.9. The standard InChI is InChI=1S/C12H17ClN2OS/c1-8(12(16)15-9-2-3-9)14-7-6-10-4-5-11(13)17-10/h4-5,8-9,14H,2-3,6-7H2,1H3,(H,15,16). The van der Waals surface area contributed by atoms with Crippen LogP contribution in [0.3, 0.4) is 0 Å². The first-order chi connectivity index (χ1) is 8.15. The van der Waals surface area contributed by atoms with Crippen molar-refractivity contribution in [2.45, 2.75) is 38.3 Å². The molecule has 1 saturated carbocycles. The summed E-state index contributed by atoms with van der Waals surface area (Å²) in [6.07, 6.45) is 3.18. The first-order valence-corrected chi connectivity index (χ1v) is 7.12. The predicted molar refractivity (Wildman–Crippen MR) is 71.7 cm³/mol. The van der Waals surface area contributed by atoms with Gasteiger partial charge in [-0.1, -0.05) is 11.6 Å². The van der Waals surface area contributed by atoms with Gasteiger partial charge >= 0.3 is 0 Å². The summed E-state index contributed by atoms with van der Waals surface area (Å²) in [5.74, 6) is 0.108. The molecular weight excluding hydrogens is 256 g/mol. The third-order valence-electron chi connectivity index (χ3n) is 2.77. The van der Waals surface area contributed by atoms with Gasteiger partial charge < -0.3 is 10.6 Å². The van der Waals surface area contributed by atoms with E-state index in [0.29, 0.717) is 6.04 Å². The quantitative estimate of drug-likeness (QED) is 0.834. The maximum absolute atomic E-state index is 11.6. The average molecular weight is 273 g/mol. The molecule has 94 valence electrons. The predicted octanol–water partition coefficient (Wildman–Crippen LogP) is 2.20. The van der Waals surface area contributed by atoms with E-state index in [2.05, 4.69) is 10.6 Å². The number of nitrogens with one attached hydrogen (secondary N) is 2. The maximum Gasteiger partial charge on any atom is 0.237 e. The zero-order valence-electron chi connectivity index (χ0n) is 9.83. The fourth-order valence-electron chi connectivity index (χ4n) is 1.54. The van der Waals surface area contributed by atoms with Crippen LogP contribution in [0.5, 0.6) is 0 Å². The summed E-state index contributed by atoms with van der Waals surface area (Å²) in [6.45, 7) is 2.70. The van der Waals surface area contributed by atoms with Crippen molar-refractivity contribution in [3.63, 3.8) is 0 Å². The molecule has 1 aliphatic carbocycles. The van der Waals surface area contributed by atoms with Crippen LogP contribution in [0.4, 0.5) is 0 Å². The molecule has 1 amide bonds. The molecule has 1 heterocycles. The van der Waals surface area contributed by atoms with E-state index in [-0.39, 0.29) is 11.9 Å². The van der Waals surface area contributed by atoms with E-state index < -0.39 is 0 Å². The minimum absolute atomic E-state index is 0.108. The molecule has 0 aromatic carbocycles. The summed E-state index contributed by atoms with van der Waals surface area (Å²) in [5.41, 5.74) is 0. The van der Waals surface area contributed by atoms with Crippen LogP contribution in [0, 0.1) is 0 Å². The van der Waals surface area contributed by atoms with Crippen molar-refractivity contribution in [1.29, 1.82) is 0 Å². The first-order valence-electron chi connectivity index (χ1n) is 5.93. The number of carbonyl (C=O) groups is 1. The van der Waals surface area contributed by atoms with Gasteiger partial charge in [-0.15, -0.1) is 11.3 Å². The van der Waals surface area contributed by atoms with Gasteiger partial charge in [0.05, 0.1) is 10.4 Å². The fraction of sp³-hybridized carbons (Fsp3) is 0.583. The second kappa shape index (κ2) is 5.85. The molecule has 0 radical (unpaired) electrons. The van der Waals surface area contributed by atoms with E-state index in [1.165, 1.54) is 4.88 Å². The van der Waals surface area contributed by atoms with Crippen LogP contribution < -0.4 is 10.6 Å². The lowest BCUT2D eigenvalue weighted by atomic mass is 10.3. The lowest BCUT2D eigenvalue weighted by Crippen LogP contribution is -2.43. The Kier molecular flexibility index (Phi) is 4.42. The average Bonchev–Trinajstić information content (AvgIpc) is 3.00. The van der Waals surface area contributed by atoms with Crippen LogP contribution in [0.15, 0.2) is 12.1 Å². The van der Waals surface area contributed by atoms with Gasteiger partial charge in [0.25, 0.3) is 0 Å². The van der Waals surface area contributed by atoms with Crippen molar-refractivity contribution >= 4 is 28.8 Å². The molecule has 1 aromatic heterocycles. The van der Waals surface area contributed by atoms with Crippen LogP contribution in [-0.4, -0.2) is 24.5 Å². The van der Waals surface area contributed by atoms with E-state index in [9.17, 15) is 4.79 Å². The van der Waals surface area contributed by atoms with Gasteiger partial charge in [-0.3, -0.25) is 4.79 Å². The van der Waals surface area contributed by atoms with Gasteiger partial charge in [-0.2, -0.15) is 0 Å². The normalized spacial score (nSPS) is 16.8. The molecule has 2 N–H and O–H groups in total. The molecule has 1 atom stereocenters. The van der Waals surface area contributed by atoms with E-state index in [0.717, 1.165) is 30.1 Å². The zero-order chi connectivity index (χ0) is 12.3. The van der Waals surface area contributed by atoms with Crippen molar-refractivity contribution < 1.29 is 4.79 Å². The van der Waals surface area contributed by atoms with Crippen LogP contribution in [0.25, 0.3) is 0 Å². The number of carbonyl (C=O) groups excluding carboxylic acids is 1. The van der Waals surface area contributed by atoms with Crippen molar-refractivity contribution in [2.24, 2.45) is 0 Å². The minimum Gasteiger partial charge on any atom is -0.352 e. The molecule has 17 heavy (non-hydrogen) atoms. The molecule has 0 saturated heterocycles. The Balaban J connectivity index is 1.65. The van der Waals surface area contributed by atoms with Crippen molar-refractivity contribution in [1.82, 2.24) is 10.6 Å². The Morgan fingerprint density at radius 2 is 2.35 bits per heavy atom. The Labute approximate surface area is 111 Å². The van der Waals surface area contributed by atoms with Gasteiger partial charge in [-0.25, -0.2) is 0 Å². The van der Waals surface area contributed by atoms with Crippen LogP contribution in [0.2, 0.25) is 4.34 Å². The number of rotatable bonds is 6. The number of amides is 1. The van der Waals surface area contributed by atoms with Gasteiger partial charge in [0.2, 0.25) is 5.91 Å². The van der Waals surface area contributed by atoms with E-state index >= 15 is 0 Å². The van der Waals surface area contributed by atoms with Crippen LogP contribution in [-0.2, 0) is 11.2 Å². The molecule has 5 heteroatoms. The van der Waals surface area contributed by atoms with Crippen LogP contribution >= 0.6 is 22.9 Å². The Morgan fingerprint density at radius 1 is 1.59 bits per heavy atom. The third kappa shape index (κ3) is 4.30. The summed E-state index contributed by atoms with van der Waals surface area (Å²) in [7, 11) is 0. The SMILES string of the molecule is CC(NCCc1ccc(Cl)s1)C(=O)NC1CC1. The molecule has 3 nitrogen and oxygen atoms in total. The summed E-state index contributed by atoms with van der Waals surface area (Å²) >= 11 is 7.44. The largest absolute Gasteiger partial charge is 0.352 e. The van der Waals surface area contributed by atoms with Gasteiger partial charge in [0.1, 0.15) is 0 Å². The maximum atomic E-state index is 11.6. The summed E-state index contributed by atoms with van der Waals surface area (Å²) in [5, 5.41) is 6.21. The fourth-order valence-corrected chi connectivity index (χ4v) is 2.63. The van der Waals surface area contributed by atoms with Crippen molar-refractivity contribution in [3.05, 3.63) is 21.3 Å². The van der Waals surface area contributed by atoms with Gasteiger partial charge in [0.15, 0.2) is 0 Å². The van der Waals surface area contributed by atoms with Gasteiger partial charge in [-0.05, 0) is 38.3 Å². The highest BCUT2D eigenvalue weighted by molar-refractivity contribution is 7.16. The molecule has 0 spiro atoms. The van der Waals surface area contributed by atoms with Crippen molar-refractivity contribution in [2.75, 3.05) is 6.54 Å². The topological polar surface area (TPSA) is 41.1 Å². The Morgan fingerprint density at radius 3 is 2.94 bits per heavy atom. The molecule has 1 fully saturated rings. The summed E-state index contributed by atoms with van der Waals surface area (Å²) in [6, 6.07) is 4.25. The molecule has 2 rings (SSSR count). The van der Waals surface area contributed by atoms with E-state index in [4.69, 9.17) is 11.6 Å². The third-order valence-corrected chi connectivity index (χ3v) is 4.06. The van der Waals surface area contributed by atoms with E-state index in [1.54, 1.807) is 11.3 Å². The Hall–Kier alpha value is -0.580. The zero-order valence-corrected chi connectivity index (χ0v) is 11.4. The lowest BCUT2D eigenvalue weighted by Gasteiger charge is -2.13. The minimum atomic E-state index is -0.119. The van der Waals surface area contributed by atoms with Crippen LogP contribution in [0.1, 0.15) is 24.6 Å². The molecule has 1 unspecified atom stereocenters. The van der Waals surface area contributed by atoms with E-state index in [1.807, 2.05) is 19.1 Å². The number of hydrogen-bond acceptors (Lipinski definition) is 3. The smallest absolute Gasteiger partial charge is 0.237 e. The molecule has 0 bridgehead atoms. The second-order valence-corrected chi connectivity index (χ2v) is 6.21. The highest BCUT2D eigenvalue weighted by Gasteiger charge is 2.25. The number of hydrogen-bond donors (Lipinski definition) is 2. The lowest BCUT2D eigenvalue weighted by molar-refractivity contribution is -0.122. The van der Waals surface area contributed by atoms with Crippen molar-refractivity contribution in [3.8, 4) is 0 Å².